The lowest BCUT2D eigenvalue weighted by molar-refractivity contribution is 0.0977. The molecule has 1 aromatic heterocycles. The summed E-state index contributed by atoms with van der Waals surface area (Å²) in [5.74, 6) is 0.0463. The van der Waals surface area contributed by atoms with Crippen LogP contribution in [0.3, 0.4) is 0 Å². The molecular weight excluding hydrogens is 268 g/mol. The number of benzene rings is 1. The molecule has 0 radical (unpaired) electrons. The molecule has 0 bridgehead atoms. The van der Waals surface area contributed by atoms with Crippen LogP contribution in [0.25, 0.3) is 0 Å². The molecule has 0 amide bonds. The molecule has 5 nitrogen and oxygen atoms in total. The largest absolute Gasteiger partial charge is 0.486 e. The molecule has 1 unspecified atom stereocenters. The predicted molar refractivity (Wildman–Crippen MR) is 74.4 cm³/mol. The zero-order valence-electron chi connectivity index (χ0n) is 11.2. The van der Waals surface area contributed by atoms with E-state index < -0.39 is 5.92 Å². The van der Waals surface area contributed by atoms with E-state index in [1.165, 1.54) is 0 Å². The van der Waals surface area contributed by atoms with Crippen LogP contribution < -0.4 is 9.47 Å². The number of Topliss-reactive ketones (excluding diaryl/α,β-unsaturated/α-hetero) is 1. The van der Waals surface area contributed by atoms with Crippen LogP contribution in [0.2, 0.25) is 0 Å². The predicted octanol–water partition coefficient (Wildman–Crippen LogP) is 2.34. The summed E-state index contributed by atoms with van der Waals surface area (Å²) < 4.78 is 10.9. The Balaban J connectivity index is 1.92. The van der Waals surface area contributed by atoms with E-state index in [1.54, 1.807) is 42.7 Å². The lowest BCUT2D eigenvalue weighted by Crippen LogP contribution is -2.17. The van der Waals surface area contributed by atoms with Crippen LogP contribution in [-0.4, -0.2) is 24.0 Å². The first kappa shape index (κ1) is 13.1. The molecule has 2 aromatic rings. The van der Waals surface area contributed by atoms with Gasteiger partial charge in [-0.05, 0) is 35.9 Å². The summed E-state index contributed by atoms with van der Waals surface area (Å²) in [6.45, 7) is 0.953. The molecule has 104 valence electrons. The van der Waals surface area contributed by atoms with Crippen molar-refractivity contribution < 1.29 is 14.3 Å². The fourth-order valence-corrected chi connectivity index (χ4v) is 2.20. The van der Waals surface area contributed by atoms with Crippen LogP contribution in [0.5, 0.6) is 11.5 Å². The van der Waals surface area contributed by atoms with E-state index in [-0.39, 0.29) is 5.78 Å². The zero-order chi connectivity index (χ0) is 14.7. The molecule has 1 atom stereocenters. The van der Waals surface area contributed by atoms with E-state index in [4.69, 9.17) is 9.47 Å². The minimum absolute atomic E-state index is 0.263. The number of aromatic nitrogens is 1. The van der Waals surface area contributed by atoms with Crippen molar-refractivity contribution in [3.8, 4) is 17.6 Å². The molecule has 0 saturated carbocycles. The van der Waals surface area contributed by atoms with Crippen molar-refractivity contribution in [1.82, 2.24) is 4.98 Å². The first-order chi connectivity index (χ1) is 10.3. The van der Waals surface area contributed by atoms with Crippen molar-refractivity contribution in [3.05, 3.63) is 53.9 Å². The maximum atomic E-state index is 12.5. The zero-order valence-corrected chi connectivity index (χ0v) is 11.2. The Hall–Kier alpha value is -2.87. The third-order valence-corrected chi connectivity index (χ3v) is 3.26. The Morgan fingerprint density at radius 1 is 1.14 bits per heavy atom. The molecule has 1 aliphatic heterocycles. The molecule has 0 fully saturated rings. The number of nitriles is 1. The van der Waals surface area contributed by atoms with Crippen molar-refractivity contribution in [2.24, 2.45) is 0 Å². The number of ketones is 1. The smallest absolute Gasteiger partial charge is 0.184 e. The molecular formula is C16H12N2O3. The summed E-state index contributed by atoms with van der Waals surface area (Å²) >= 11 is 0. The van der Waals surface area contributed by atoms with Gasteiger partial charge in [0.15, 0.2) is 17.3 Å². The van der Waals surface area contributed by atoms with Crippen LogP contribution >= 0.6 is 0 Å². The highest BCUT2D eigenvalue weighted by Crippen LogP contribution is 2.32. The number of carbonyl (C=O) groups excluding carboxylic acids is 1. The Bertz CT molecular complexity index is 707. The normalized spacial score (nSPS) is 14.0. The van der Waals surface area contributed by atoms with E-state index >= 15 is 0 Å². The second-order valence-electron chi connectivity index (χ2n) is 4.57. The van der Waals surface area contributed by atoms with Gasteiger partial charge in [0.25, 0.3) is 0 Å². The van der Waals surface area contributed by atoms with Gasteiger partial charge >= 0.3 is 0 Å². The maximum Gasteiger partial charge on any atom is 0.184 e. The molecule has 1 aliphatic rings. The lowest BCUT2D eigenvalue weighted by atomic mass is 9.92. The fourth-order valence-electron chi connectivity index (χ4n) is 2.20. The lowest BCUT2D eigenvalue weighted by Gasteiger charge is -2.19. The van der Waals surface area contributed by atoms with E-state index in [2.05, 4.69) is 4.98 Å². The molecule has 5 heteroatoms. The number of ether oxygens (including phenoxy) is 2. The SMILES string of the molecule is N#CC(C(=O)c1ccc2c(c1)OCCO2)c1ccncc1. The van der Waals surface area contributed by atoms with Crippen molar-refractivity contribution in [2.45, 2.75) is 5.92 Å². The topological polar surface area (TPSA) is 72.2 Å². The van der Waals surface area contributed by atoms with Crippen LogP contribution in [0.15, 0.2) is 42.7 Å². The third-order valence-electron chi connectivity index (χ3n) is 3.26. The highest BCUT2D eigenvalue weighted by molar-refractivity contribution is 6.03. The van der Waals surface area contributed by atoms with Crippen molar-refractivity contribution in [1.29, 1.82) is 5.26 Å². The molecule has 0 N–H and O–H groups in total. The number of fused-ring (bicyclic) bond motifs is 1. The summed E-state index contributed by atoms with van der Waals surface area (Å²) in [7, 11) is 0. The van der Waals surface area contributed by atoms with Crippen LogP contribution in [0.1, 0.15) is 21.8 Å². The van der Waals surface area contributed by atoms with E-state index in [9.17, 15) is 10.1 Å². The number of hydrogen-bond donors (Lipinski definition) is 0. The number of nitrogens with zero attached hydrogens (tertiary/aromatic N) is 2. The quantitative estimate of drug-likeness (QED) is 0.807. The molecule has 21 heavy (non-hydrogen) atoms. The molecule has 2 heterocycles. The average Bonchev–Trinajstić information content (AvgIpc) is 2.56. The third kappa shape index (κ3) is 2.56. The van der Waals surface area contributed by atoms with Gasteiger partial charge in [-0.25, -0.2) is 0 Å². The summed E-state index contributed by atoms with van der Waals surface area (Å²) in [5.41, 5.74) is 1.06. The van der Waals surface area contributed by atoms with Gasteiger partial charge in [0.2, 0.25) is 0 Å². The summed E-state index contributed by atoms with van der Waals surface area (Å²) in [5, 5.41) is 9.30. The fraction of sp³-hybridized carbons (Fsp3) is 0.188. The minimum Gasteiger partial charge on any atom is -0.486 e. The van der Waals surface area contributed by atoms with Crippen LogP contribution in [-0.2, 0) is 0 Å². The van der Waals surface area contributed by atoms with Crippen molar-refractivity contribution >= 4 is 5.78 Å². The molecule has 3 rings (SSSR count). The maximum absolute atomic E-state index is 12.5. The highest BCUT2D eigenvalue weighted by atomic mass is 16.6. The van der Waals surface area contributed by atoms with Gasteiger partial charge in [-0.3, -0.25) is 9.78 Å². The average molecular weight is 280 g/mol. The number of pyridine rings is 1. The standard InChI is InChI=1S/C16H12N2O3/c17-10-13(11-3-5-18-6-4-11)16(19)12-1-2-14-15(9-12)21-8-7-20-14/h1-6,9,13H,7-8H2. The van der Waals surface area contributed by atoms with Gasteiger partial charge in [-0.1, -0.05) is 0 Å². The van der Waals surface area contributed by atoms with E-state index in [0.29, 0.717) is 35.8 Å². The van der Waals surface area contributed by atoms with Gasteiger partial charge in [-0.2, -0.15) is 5.26 Å². The van der Waals surface area contributed by atoms with Gasteiger partial charge in [0, 0.05) is 18.0 Å². The van der Waals surface area contributed by atoms with E-state index in [0.717, 1.165) is 0 Å². The second-order valence-corrected chi connectivity index (χ2v) is 4.57. The van der Waals surface area contributed by atoms with E-state index in [1.807, 2.05) is 6.07 Å². The van der Waals surface area contributed by atoms with Crippen molar-refractivity contribution in [3.63, 3.8) is 0 Å². The number of rotatable bonds is 3. The molecule has 1 aromatic carbocycles. The summed E-state index contributed by atoms with van der Waals surface area (Å²) in [6.07, 6.45) is 3.13. The van der Waals surface area contributed by atoms with Crippen LogP contribution in [0, 0.1) is 11.3 Å². The Morgan fingerprint density at radius 2 is 1.86 bits per heavy atom. The Labute approximate surface area is 121 Å². The number of hydrogen-bond acceptors (Lipinski definition) is 5. The highest BCUT2D eigenvalue weighted by Gasteiger charge is 2.23. The van der Waals surface area contributed by atoms with Crippen LogP contribution in [0.4, 0.5) is 0 Å². The Morgan fingerprint density at radius 3 is 2.57 bits per heavy atom. The monoisotopic (exact) mass is 280 g/mol. The number of carbonyl (C=O) groups is 1. The summed E-state index contributed by atoms with van der Waals surface area (Å²) in [6, 6.07) is 10.4. The summed E-state index contributed by atoms with van der Waals surface area (Å²) in [4.78, 5) is 16.4. The van der Waals surface area contributed by atoms with Gasteiger partial charge < -0.3 is 9.47 Å². The minimum atomic E-state index is -0.851. The first-order valence-corrected chi connectivity index (χ1v) is 6.53. The molecule has 0 spiro atoms. The molecule has 0 saturated heterocycles. The first-order valence-electron chi connectivity index (χ1n) is 6.53. The van der Waals surface area contributed by atoms with Gasteiger partial charge in [0.05, 0.1) is 6.07 Å². The van der Waals surface area contributed by atoms with Gasteiger partial charge in [0.1, 0.15) is 19.1 Å². The molecule has 0 aliphatic carbocycles. The Kier molecular flexibility index (Phi) is 3.52. The second kappa shape index (κ2) is 5.63. The van der Waals surface area contributed by atoms with Gasteiger partial charge in [-0.15, -0.1) is 0 Å². The van der Waals surface area contributed by atoms with Crippen molar-refractivity contribution in [2.75, 3.05) is 13.2 Å².